The minimum Gasteiger partial charge on any atom is -0.427 e. The fourth-order valence-corrected chi connectivity index (χ4v) is 19.1. The molecule has 0 aromatic heterocycles. The molecular weight excluding hydrogens is 1580 g/mol. The van der Waals surface area contributed by atoms with E-state index in [4.69, 9.17) is 28.9 Å². The van der Waals surface area contributed by atoms with E-state index in [0.717, 1.165) is 64.9 Å². The maximum absolute atomic E-state index is 14.4. The van der Waals surface area contributed by atoms with Crippen molar-refractivity contribution in [3.05, 3.63) is 362 Å². The van der Waals surface area contributed by atoms with Crippen LogP contribution in [0.15, 0.2) is 330 Å². The van der Waals surface area contributed by atoms with E-state index in [1.165, 1.54) is 160 Å². The van der Waals surface area contributed by atoms with Gasteiger partial charge in [0.15, 0.2) is 16.9 Å². The highest BCUT2D eigenvalue weighted by Gasteiger charge is 2.42. The van der Waals surface area contributed by atoms with Crippen LogP contribution in [-0.2, 0) is 14.4 Å². The van der Waals surface area contributed by atoms with Crippen molar-refractivity contribution in [1.29, 1.82) is 0 Å². The molecule has 0 bridgehead atoms. The lowest BCUT2D eigenvalue weighted by molar-refractivity contribution is -0.120. The van der Waals surface area contributed by atoms with E-state index in [-0.39, 0.29) is 5.78 Å². The van der Waals surface area contributed by atoms with Gasteiger partial charge in [0, 0.05) is 52.4 Å². The molecule has 2 N–H and O–H groups in total. The second-order valence-corrected chi connectivity index (χ2v) is 32.0. The van der Waals surface area contributed by atoms with E-state index in [2.05, 4.69) is 291 Å². The average Bonchev–Trinajstić information content (AvgIpc) is 1.53. The molecule has 0 atom stereocenters. The first kappa shape index (κ1) is 71.7. The number of ketones is 1. The lowest BCUT2D eigenvalue weighted by Gasteiger charge is -2.21. The molecule has 17 aromatic rings. The summed E-state index contributed by atoms with van der Waals surface area (Å²) in [7, 11) is 0. The van der Waals surface area contributed by atoms with Gasteiger partial charge in [0.05, 0.1) is 5.69 Å². The standard InChI is InChI=1S/C48H26BrCl.C43H23ClO.C7H6BrNO2.C5H11NO2/c49-28-20-21-37-41(26-28)43(27-10-2-1-3-11-27)47-39-18-9-17-35-32(23-25-40(45(35)39)48(47)46(37)38-14-6-7-19-42(38)50)31-22-24-36-30-13-5-4-12-29(30)33-15-8-16-34(31)44(33)36;44-36-19-7-6-14-33(36)42-41-35-23-21-28(27-20-22-32-26-13-5-4-12-25(26)29-15-8-16-30(27)38(29)32)31-17-9-18-34(39(31)35)40(41)37(43(42)45)24-10-2-1-3-11-24;8-5-1-2-6(9)7(3-5)11-4-10;1-5(2)3-4-8-6-7/h1-26H;1-23H;1-4H,9H2;5H,3-4H2,1-2H3. The number of benzene rings is 17. The number of hydrogen-bond donors (Lipinski definition) is 1. The van der Waals surface area contributed by atoms with Gasteiger partial charge in [-0.2, -0.15) is 0 Å². The molecule has 7 nitrogen and oxygen atoms in total. The minimum absolute atomic E-state index is 0.0260. The first-order valence-electron chi connectivity index (χ1n) is 37.9. The zero-order chi connectivity index (χ0) is 77.6. The Labute approximate surface area is 685 Å². The van der Waals surface area contributed by atoms with Gasteiger partial charge in [-0.05, 0) is 231 Å². The lowest BCUT2D eigenvalue weighted by Crippen LogP contribution is -2.03. The van der Waals surface area contributed by atoms with Crippen LogP contribution in [0.1, 0.15) is 42.5 Å². The molecule has 11 heteroatoms. The maximum atomic E-state index is 14.4. The van der Waals surface area contributed by atoms with Gasteiger partial charge in [-0.1, -0.05) is 342 Å². The molecule has 5 aliphatic rings. The Morgan fingerprint density at radius 2 is 0.737 bits per heavy atom. The number of fused-ring (bicyclic) bond motifs is 13. The molecular formula is C103H66Br2Cl2N2O5. The second kappa shape index (κ2) is 29.5. The third-order valence-corrected chi connectivity index (χ3v) is 24.4. The monoisotopic (exact) mass is 1640 g/mol. The number of nitrogens with zero attached hydrogens (tertiary/aromatic N) is 1. The Morgan fingerprint density at radius 3 is 1.26 bits per heavy atom. The number of carbonyl (C=O) groups excluding carboxylic acids is 2. The first-order chi connectivity index (χ1) is 55.9. The zero-order valence-electron chi connectivity index (χ0n) is 61.7. The Hall–Kier alpha value is -12.6. The molecule has 546 valence electrons. The summed E-state index contributed by atoms with van der Waals surface area (Å²) in [5, 5.41) is 16.2. The van der Waals surface area contributed by atoms with Crippen LogP contribution in [-0.4, -0.2) is 18.9 Å². The Morgan fingerprint density at radius 1 is 0.351 bits per heavy atom. The van der Waals surface area contributed by atoms with E-state index in [1.807, 2.05) is 66.7 Å². The summed E-state index contributed by atoms with van der Waals surface area (Å²) in [4.78, 5) is 37.9. The van der Waals surface area contributed by atoms with Crippen LogP contribution < -0.4 is 10.5 Å². The third-order valence-electron chi connectivity index (χ3n) is 22.7. The van der Waals surface area contributed by atoms with Gasteiger partial charge in [-0.15, -0.1) is 4.91 Å². The van der Waals surface area contributed by atoms with E-state index >= 15 is 0 Å². The number of anilines is 1. The number of hydrogen-bond acceptors (Lipinski definition) is 7. The highest BCUT2D eigenvalue weighted by Crippen LogP contribution is 2.62. The summed E-state index contributed by atoms with van der Waals surface area (Å²) in [6, 6.07) is 111. The van der Waals surface area contributed by atoms with E-state index in [9.17, 15) is 14.5 Å². The third kappa shape index (κ3) is 11.8. The van der Waals surface area contributed by atoms with Crippen LogP contribution in [0.3, 0.4) is 0 Å². The van der Waals surface area contributed by atoms with Gasteiger partial charge in [-0.25, -0.2) is 0 Å². The Kier molecular flexibility index (Phi) is 18.5. The number of rotatable bonds is 12. The summed E-state index contributed by atoms with van der Waals surface area (Å²) in [6.45, 7) is 4.92. The zero-order valence-corrected chi connectivity index (χ0v) is 66.4. The number of halogens is 4. The number of allylic oxidation sites excluding steroid dienone is 4. The minimum atomic E-state index is 0.0260. The molecule has 0 radical (unpaired) electrons. The average molecular weight is 1640 g/mol. The fourth-order valence-electron chi connectivity index (χ4n) is 18.0. The molecule has 0 heterocycles. The van der Waals surface area contributed by atoms with E-state index < -0.39 is 0 Å². The van der Waals surface area contributed by atoms with Crippen molar-refractivity contribution in [2.24, 2.45) is 11.3 Å². The Balaban J connectivity index is 0.000000125. The van der Waals surface area contributed by atoms with Crippen LogP contribution >= 0.6 is 55.1 Å². The summed E-state index contributed by atoms with van der Waals surface area (Å²) in [6.07, 6.45) is 0.895. The number of nitrogens with two attached hydrogens (primary N) is 1. The highest BCUT2D eigenvalue weighted by atomic mass is 79.9. The topological polar surface area (TPSA) is 108 Å². The van der Waals surface area contributed by atoms with Crippen molar-refractivity contribution in [3.63, 3.8) is 0 Å². The van der Waals surface area contributed by atoms with Gasteiger partial charge in [0.1, 0.15) is 6.61 Å². The van der Waals surface area contributed by atoms with Crippen molar-refractivity contribution < 1.29 is 19.2 Å². The number of carbonyl (C=O) groups is 2. The fraction of sp³-hybridized carbons (Fsp3) is 0.0485. The predicted molar refractivity (Wildman–Crippen MR) is 481 cm³/mol. The van der Waals surface area contributed by atoms with Crippen LogP contribution in [0, 0.1) is 10.8 Å². The maximum Gasteiger partial charge on any atom is 0.298 e. The van der Waals surface area contributed by atoms with E-state index in [0.29, 0.717) is 41.0 Å². The van der Waals surface area contributed by atoms with E-state index in [1.54, 1.807) is 18.2 Å². The van der Waals surface area contributed by atoms with Gasteiger partial charge >= 0.3 is 0 Å². The Bertz CT molecular complexity index is 6970. The molecule has 0 spiro atoms. The number of Topliss-reactive ketones (excluding diaryl/α,β-unsaturated/α-hetero) is 1. The van der Waals surface area contributed by atoms with Gasteiger partial charge in [0.25, 0.3) is 6.47 Å². The van der Waals surface area contributed by atoms with Gasteiger partial charge in [-0.3, -0.25) is 9.59 Å². The molecule has 22 rings (SSSR count). The normalized spacial score (nSPS) is 12.5. The van der Waals surface area contributed by atoms with Gasteiger partial charge < -0.3 is 15.3 Å². The largest absolute Gasteiger partial charge is 0.427 e. The van der Waals surface area contributed by atoms with Crippen LogP contribution in [0.4, 0.5) is 5.69 Å². The summed E-state index contributed by atoms with van der Waals surface area (Å²) >= 11 is 20.9. The van der Waals surface area contributed by atoms with Crippen LogP contribution in [0.5, 0.6) is 5.75 Å². The van der Waals surface area contributed by atoms with Crippen LogP contribution in [0.2, 0.25) is 10.0 Å². The van der Waals surface area contributed by atoms with Crippen molar-refractivity contribution in [3.8, 4) is 117 Å². The predicted octanol–water partition coefficient (Wildman–Crippen LogP) is 29.5. The SMILES string of the molecule is CC(C)CCON=O.Clc1ccccc1-c1c2c(c(-c3ccccc3)c3cc(Br)ccc13)-c1cccc3c(-c4ccc5c6c(cccc46)-c4ccccc4-5)ccc-2c13.Nc1ccc(Br)cc1OC=O.O=C1C(c2ccccc2)=C2C(=C1c1ccccc1Cl)c1ccc(-c3ccc4c5c(cccc35)-c3ccccc3-4)c3cccc2c13. The summed E-state index contributed by atoms with van der Waals surface area (Å²) in [5.41, 5.74) is 38.4. The smallest absolute Gasteiger partial charge is 0.298 e. The highest BCUT2D eigenvalue weighted by molar-refractivity contribution is 9.10. The van der Waals surface area contributed by atoms with Crippen molar-refractivity contribution in [1.82, 2.24) is 0 Å². The lowest BCUT2D eigenvalue weighted by atomic mass is 9.82. The first-order valence-corrected chi connectivity index (χ1v) is 40.2. The van der Waals surface area contributed by atoms with Crippen LogP contribution in [0.25, 0.3) is 187 Å². The molecule has 17 aromatic carbocycles. The molecule has 0 fully saturated rings. The molecule has 0 saturated heterocycles. The number of nitrogen functional groups attached to an aromatic ring is 1. The second-order valence-electron chi connectivity index (χ2n) is 29.3. The number of ether oxygens (including phenoxy) is 1. The van der Waals surface area contributed by atoms with Crippen molar-refractivity contribution >= 4 is 149 Å². The summed E-state index contributed by atoms with van der Waals surface area (Å²) < 4.78 is 6.46. The molecule has 114 heavy (non-hydrogen) atoms. The van der Waals surface area contributed by atoms with Crippen molar-refractivity contribution in [2.75, 3.05) is 12.3 Å². The molecule has 0 saturated carbocycles. The summed E-state index contributed by atoms with van der Waals surface area (Å²) in [5.74, 6) is 0.976. The molecule has 0 aliphatic heterocycles. The quantitative estimate of drug-likeness (QED) is 0.0429. The molecule has 5 aliphatic carbocycles. The van der Waals surface area contributed by atoms with Gasteiger partial charge in [0.2, 0.25) is 0 Å². The van der Waals surface area contributed by atoms with Crippen molar-refractivity contribution in [2.45, 2.75) is 20.3 Å². The molecule has 0 unspecified atom stereocenters. The molecule has 0 amide bonds.